The fourth-order valence-corrected chi connectivity index (χ4v) is 3.27. The zero-order chi connectivity index (χ0) is 14.0. The minimum atomic E-state index is -3.72. The molecule has 100 valence electrons. The summed E-state index contributed by atoms with van der Waals surface area (Å²) in [4.78, 5) is 0.00227. The zero-order valence-corrected chi connectivity index (χ0v) is 12.6. The molecule has 5 nitrogen and oxygen atoms in total. The van der Waals surface area contributed by atoms with E-state index in [9.17, 15) is 13.5 Å². The fourth-order valence-electron chi connectivity index (χ4n) is 1.45. The predicted molar refractivity (Wildman–Crippen MR) is 82.5 cm³/mol. The normalized spacial score (nSPS) is 11.2. The van der Waals surface area contributed by atoms with Crippen molar-refractivity contribution in [1.29, 1.82) is 0 Å². The van der Waals surface area contributed by atoms with Gasteiger partial charge in [0.05, 0.1) is 16.3 Å². The van der Waals surface area contributed by atoms with Crippen LogP contribution in [0.25, 0.3) is 0 Å². The highest BCUT2D eigenvalue weighted by atomic mass is 127. The van der Waals surface area contributed by atoms with E-state index in [1.165, 1.54) is 18.2 Å². The Morgan fingerprint density at radius 3 is 2.47 bits per heavy atom. The molecule has 0 fully saturated rings. The standard InChI is InChI=1S/C12H11IN2O3S/c13-9-3-1-2-4-11(9)15-19(17,18)8-5-6-12(16)10(14)7-8/h1-7,15-16H,14H2. The molecule has 0 amide bonds. The van der Waals surface area contributed by atoms with Crippen molar-refractivity contribution in [3.05, 3.63) is 46.0 Å². The highest BCUT2D eigenvalue weighted by Crippen LogP contribution is 2.26. The molecule has 2 aromatic carbocycles. The van der Waals surface area contributed by atoms with Gasteiger partial charge in [0.15, 0.2) is 0 Å². The largest absolute Gasteiger partial charge is 0.506 e. The molecule has 0 heterocycles. The number of sulfonamides is 1. The van der Waals surface area contributed by atoms with Crippen LogP contribution in [-0.2, 0) is 10.0 Å². The van der Waals surface area contributed by atoms with Crippen molar-refractivity contribution in [3.63, 3.8) is 0 Å². The third kappa shape index (κ3) is 3.10. The van der Waals surface area contributed by atoms with Gasteiger partial charge in [-0.25, -0.2) is 8.42 Å². The molecule has 0 radical (unpaired) electrons. The number of aromatic hydroxyl groups is 1. The van der Waals surface area contributed by atoms with Crippen molar-refractivity contribution in [1.82, 2.24) is 0 Å². The molecule has 0 bridgehead atoms. The van der Waals surface area contributed by atoms with Gasteiger partial charge in [0.25, 0.3) is 10.0 Å². The molecule has 0 unspecified atom stereocenters. The molecule has 0 saturated heterocycles. The maximum atomic E-state index is 12.2. The molecule has 19 heavy (non-hydrogen) atoms. The highest BCUT2D eigenvalue weighted by Gasteiger charge is 2.16. The fraction of sp³-hybridized carbons (Fsp3) is 0. The van der Waals surface area contributed by atoms with E-state index in [0.717, 1.165) is 3.57 Å². The van der Waals surface area contributed by atoms with Gasteiger partial charge in [0.1, 0.15) is 5.75 Å². The smallest absolute Gasteiger partial charge is 0.262 e. The van der Waals surface area contributed by atoms with Crippen LogP contribution >= 0.6 is 22.6 Å². The number of rotatable bonds is 3. The Hall–Kier alpha value is -1.48. The molecule has 4 N–H and O–H groups in total. The van der Waals surface area contributed by atoms with Crippen LogP contribution in [0, 0.1) is 3.57 Å². The Balaban J connectivity index is 2.38. The Kier molecular flexibility index (Phi) is 3.85. The average Bonchev–Trinajstić information content (AvgIpc) is 2.35. The summed E-state index contributed by atoms with van der Waals surface area (Å²) in [5.74, 6) is -0.145. The number of phenols is 1. The van der Waals surface area contributed by atoms with E-state index >= 15 is 0 Å². The van der Waals surface area contributed by atoms with E-state index < -0.39 is 10.0 Å². The van der Waals surface area contributed by atoms with Gasteiger partial charge in [0, 0.05) is 3.57 Å². The second kappa shape index (κ2) is 5.25. The lowest BCUT2D eigenvalue weighted by molar-refractivity contribution is 0.477. The number of nitrogens with one attached hydrogen (secondary N) is 1. The van der Waals surface area contributed by atoms with Crippen LogP contribution in [0.4, 0.5) is 11.4 Å². The Morgan fingerprint density at radius 1 is 1.16 bits per heavy atom. The van der Waals surface area contributed by atoms with Crippen LogP contribution < -0.4 is 10.5 Å². The lowest BCUT2D eigenvalue weighted by Crippen LogP contribution is -2.14. The van der Waals surface area contributed by atoms with Gasteiger partial charge in [-0.1, -0.05) is 12.1 Å². The summed E-state index contributed by atoms with van der Waals surface area (Å²) in [7, 11) is -3.72. The first kappa shape index (κ1) is 13.9. The number of hydrogen-bond donors (Lipinski definition) is 3. The van der Waals surface area contributed by atoms with Crippen LogP contribution in [0.5, 0.6) is 5.75 Å². The third-order valence-electron chi connectivity index (χ3n) is 2.43. The molecule has 7 heteroatoms. The molecule has 2 aromatic rings. The predicted octanol–water partition coefficient (Wildman–Crippen LogP) is 2.38. The maximum absolute atomic E-state index is 12.2. The monoisotopic (exact) mass is 390 g/mol. The Bertz CT molecular complexity index is 717. The van der Waals surface area contributed by atoms with Gasteiger partial charge < -0.3 is 10.8 Å². The van der Waals surface area contributed by atoms with E-state index in [0.29, 0.717) is 5.69 Å². The molecule has 0 aliphatic rings. The molecular weight excluding hydrogens is 379 g/mol. The van der Waals surface area contributed by atoms with E-state index in [1.54, 1.807) is 18.2 Å². The van der Waals surface area contributed by atoms with Crippen LogP contribution in [0.1, 0.15) is 0 Å². The van der Waals surface area contributed by atoms with E-state index in [1.807, 2.05) is 28.7 Å². The van der Waals surface area contributed by atoms with Gasteiger partial charge >= 0.3 is 0 Å². The minimum Gasteiger partial charge on any atom is -0.506 e. The second-order valence-electron chi connectivity index (χ2n) is 3.81. The van der Waals surface area contributed by atoms with Gasteiger partial charge in [-0.15, -0.1) is 0 Å². The summed E-state index contributed by atoms with van der Waals surface area (Å²) in [5, 5.41) is 9.30. The second-order valence-corrected chi connectivity index (χ2v) is 6.65. The van der Waals surface area contributed by atoms with Gasteiger partial charge in [-0.3, -0.25) is 4.72 Å². The van der Waals surface area contributed by atoms with Gasteiger partial charge in [-0.2, -0.15) is 0 Å². The van der Waals surface area contributed by atoms with Crippen LogP contribution in [-0.4, -0.2) is 13.5 Å². The van der Waals surface area contributed by atoms with Crippen molar-refractivity contribution in [2.45, 2.75) is 4.90 Å². The summed E-state index contributed by atoms with van der Waals surface area (Å²) >= 11 is 2.04. The number of nitrogens with two attached hydrogens (primary N) is 1. The first-order valence-corrected chi connectivity index (χ1v) is 7.82. The van der Waals surface area contributed by atoms with Crippen LogP contribution in [0.15, 0.2) is 47.4 Å². The number of hydrogen-bond acceptors (Lipinski definition) is 4. The average molecular weight is 390 g/mol. The molecule has 0 aromatic heterocycles. The number of phenolic OH excluding ortho intramolecular Hbond substituents is 1. The lowest BCUT2D eigenvalue weighted by atomic mass is 10.3. The molecule has 2 rings (SSSR count). The quantitative estimate of drug-likeness (QED) is 0.426. The van der Waals surface area contributed by atoms with Gasteiger partial charge in [0.2, 0.25) is 0 Å². The number of para-hydroxylation sites is 1. The topological polar surface area (TPSA) is 92.4 Å². The summed E-state index contributed by atoms with van der Waals surface area (Å²) in [6, 6.07) is 10.8. The molecule has 0 aliphatic heterocycles. The number of halogens is 1. The molecule has 0 aliphatic carbocycles. The number of benzene rings is 2. The Labute approximate surface area is 124 Å². The first-order valence-electron chi connectivity index (χ1n) is 5.26. The van der Waals surface area contributed by atoms with E-state index in [2.05, 4.69) is 4.72 Å². The van der Waals surface area contributed by atoms with E-state index in [-0.39, 0.29) is 16.3 Å². The van der Waals surface area contributed by atoms with Crippen molar-refractivity contribution >= 4 is 44.0 Å². The summed E-state index contributed by atoms with van der Waals surface area (Å²) < 4.78 is 27.6. The van der Waals surface area contributed by atoms with Crippen LogP contribution in [0.3, 0.4) is 0 Å². The third-order valence-corrected chi connectivity index (χ3v) is 4.73. The number of anilines is 2. The Morgan fingerprint density at radius 2 is 1.84 bits per heavy atom. The summed E-state index contributed by atoms with van der Waals surface area (Å²) in [6.07, 6.45) is 0. The highest BCUT2D eigenvalue weighted by molar-refractivity contribution is 14.1. The summed E-state index contributed by atoms with van der Waals surface area (Å²) in [5.41, 5.74) is 6.01. The maximum Gasteiger partial charge on any atom is 0.262 e. The first-order chi connectivity index (χ1) is 8.90. The van der Waals surface area contributed by atoms with Gasteiger partial charge in [-0.05, 0) is 52.9 Å². The van der Waals surface area contributed by atoms with Crippen molar-refractivity contribution in [2.75, 3.05) is 10.5 Å². The van der Waals surface area contributed by atoms with Crippen molar-refractivity contribution in [3.8, 4) is 5.75 Å². The lowest BCUT2D eigenvalue weighted by Gasteiger charge is -2.10. The zero-order valence-electron chi connectivity index (χ0n) is 9.67. The SMILES string of the molecule is Nc1cc(S(=O)(=O)Nc2ccccc2I)ccc1O. The molecule has 0 saturated carbocycles. The van der Waals surface area contributed by atoms with Crippen molar-refractivity contribution < 1.29 is 13.5 Å². The molecule has 0 atom stereocenters. The summed E-state index contributed by atoms with van der Waals surface area (Å²) in [6.45, 7) is 0. The molecule has 0 spiro atoms. The number of nitrogen functional groups attached to an aromatic ring is 1. The van der Waals surface area contributed by atoms with E-state index in [4.69, 9.17) is 5.73 Å². The van der Waals surface area contributed by atoms with Crippen molar-refractivity contribution in [2.24, 2.45) is 0 Å². The molecular formula is C12H11IN2O3S. The minimum absolute atomic E-state index is 0.00227. The van der Waals surface area contributed by atoms with Crippen LogP contribution in [0.2, 0.25) is 0 Å².